The van der Waals surface area contributed by atoms with E-state index in [0.717, 1.165) is 29.4 Å². The number of benzene rings is 1. The van der Waals surface area contributed by atoms with Crippen LogP contribution in [0.15, 0.2) is 18.2 Å². The molecule has 2 heterocycles. The molecular formula is C16H21N7O. The number of carbonyl (C=O) groups excluding carboxylic acids is 1. The molecule has 0 amide bonds. The molecule has 1 aromatic carbocycles. The third kappa shape index (κ3) is 3.17. The zero-order valence-electron chi connectivity index (χ0n) is 14.1. The number of nitrogens with one attached hydrogen (secondary N) is 1. The Hall–Kier alpha value is -2.64. The summed E-state index contributed by atoms with van der Waals surface area (Å²) in [6.07, 6.45) is 2.44. The number of hydrogen-bond acceptors (Lipinski definition) is 6. The van der Waals surface area contributed by atoms with Gasteiger partial charge in [-0.05, 0) is 47.9 Å². The predicted molar refractivity (Wildman–Crippen MR) is 88.2 cm³/mol. The number of Topliss-reactive ketones (excluding diaryl/α,β-unsaturated/α-hetero) is 1. The van der Waals surface area contributed by atoms with Crippen LogP contribution in [0.25, 0.3) is 11.0 Å². The number of aryl methyl sites for hydroxylation is 1. The van der Waals surface area contributed by atoms with Gasteiger partial charge in [-0.3, -0.25) is 4.79 Å². The normalized spacial score (nSPS) is 14.0. The zero-order valence-corrected chi connectivity index (χ0v) is 14.1. The van der Waals surface area contributed by atoms with Crippen molar-refractivity contribution >= 4 is 16.8 Å². The van der Waals surface area contributed by atoms with Crippen molar-refractivity contribution < 1.29 is 4.79 Å². The van der Waals surface area contributed by atoms with Crippen molar-refractivity contribution in [3.05, 3.63) is 29.6 Å². The number of aromatic amines is 1. The van der Waals surface area contributed by atoms with Gasteiger partial charge in [0.15, 0.2) is 5.82 Å². The van der Waals surface area contributed by atoms with Gasteiger partial charge in [-0.15, -0.1) is 10.2 Å². The fourth-order valence-electron chi connectivity index (χ4n) is 3.21. The number of rotatable bonds is 7. The van der Waals surface area contributed by atoms with E-state index in [4.69, 9.17) is 0 Å². The molecule has 0 aliphatic carbocycles. The summed E-state index contributed by atoms with van der Waals surface area (Å²) in [7, 11) is 1.87. The lowest BCUT2D eigenvalue weighted by molar-refractivity contribution is -0.121. The summed E-state index contributed by atoms with van der Waals surface area (Å²) in [5.41, 5.74) is 2.93. The molecule has 0 saturated carbocycles. The number of aromatic nitrogens is 7. The minimum atomic E-state index is -0.106. The number of nitrogens with zero attached hydrogens (tertiary/aromatic N) is 6. The summed E-state index contributed by atoms with van der Waals surface area (Å²) >= 11 is 0. The Kier molecular flexibility index (Phi) is 4.64. The van der Waals surface area contributed by atoms with Gasteiger partial charge in [0.2, 0.25) is 0 Å². The lowest BCUT2D eigenvalue weighted by atomic mass is 9.81. The predicted octanol–water partition coefficient (Wildman–Crippen LogP) is 1.81. The molecule has 0 fully saturated rings. The van der Waals surface area contributed by atoms with E-state index in [-0.39, 0.29) is 17.6 Å². The van der Waals surface area contributed by atoms with Gasteiger partial charge in [-0.1, -0.05) is 24.6 Å². The molecule has 126 valence electrons. The highest BCUT2D eigenvalue weighted by molar-refractivity contribution is 5.79. The maximum Gasteiger partial charge on any atom is 0.152 e. The molecule has 0 unspecified atom stereocenters. The second kappa shape index (κ2) is 6.86. The average Bonchev–Trinajstić information content (AvgIpc) is 3.21. The van der Waals surface area contributed by atoms with Crippen molar-refractivity contribution in [1.29, 1.82) is 0 Å². The Morgan fingerprint density at radius 3 is 2.83 bits per heavy atom. The Morgan fingerprint density at radius 2 is 2.17 bits per heavy atom. The van der Waals surface area contributed by atoms with Crippen LogP contribution in [0.2, 0.25) is 0 Å². The van der Waals surface area contributed by atoms with E-state index in [2.05, 4.69) is 43.9 Å². The lowest BCUT2D eigenvalue weighted by Crippen LogP contribution is -2.23. The summed E-state index contributed by atoms with van der Waals surface area (Å²) in [4.78, 5) is 12.2. The summed E-state index contributed by atoms with van der Waals surface area (Å²) in [6, 6.07) is 6.04. The van der Waals surface area contributed by atoms with E-state index < -0.39 is 0 Å². The summed E-state index contributed by atoms with van der Waals surface area (Å²) in [6.45, 7) is 3.73. The number of fused-ring (bicyclic) bond motifs is 1. The highest BCUT2D eigenvalue weighted by Gasteiger charge is 2.29. The zero-order chi connectivity index (χ0) is 17.1. The van der Waals surface area contributed by atoms with Gasteiger partial charge in [-0.2, -0.15) is 0 Å². The topological polar surface area (TPSA) is 102 Å². The van der Waals surface area contributed by atoms with Crippen LogP contribution < -0.4 is 0 Å². The molecule has 24 heavy (non-hydrogen) atoms. The molecule has 8 heteroatoms. The summed E-state index contributed by atoms with van der Waals surface area (Å²) < 4.78 is 1.75. The molecule has 1 N–H and O–H groups in total. The highest BCUT2D eigenvalue weighted by Crippen LogP contribution is 2.30. The molecule has 0 aliphatic rings. The van der Waals surface area contributed by atoms with Gasteiger partial charge in [0.1, 0.15) is 11.3 Å². The van der Waals surface area contributed by atoms with E-state index in [1.54, 1.807) is 11.6 Å². The van der Waals surface area contributed by atoms with E-state index in [1.807, 2.05) is 19.2 Å². The maximum atomic E-state index is 12.2. The van der Waals surface area contributed by atoms with Crippen LogP contribution in [-0.2, 0) is 18.3 Å². The first-order valence-electron chi connectivity index (χ1n) is 8.12. The number of hydrogen-bond donors (Lipinski definition) is 1. The molecule has 0 radical (unpaired) electrons. The molecule has 3 aromatic rings. The first-order chi connectivity index (χ1) is 11.6. The molecule has 2 atom stereocenters. The standard InChI is InChI=1S/C16H21N7O/c1-4-5-12(10(2)24)13(16-18-20-21-19-16)8-11-6-7-14-15(9-11)23(3)22-17-14/h6-7,9,12-13H,4-5,8H2,1-3H3,(H,18,19,20,21)/t12-,13+/m1/s1. The van der Waals surface area contributed by atoms with Crippen molar-refractivity contribution in [3.63, 3.8) is 0 Å². The van der Waals surface area contributed by atoms with Crippen molar-refractivity contribution in [2.24, 2.45) is 13.0 Å². The fourth-order valence-corrected chi connectivity index (χ4v) is 3.21. The van der Waals surface area contributed by atoms with E-state index in [0.29, 0.717) is 12.2 Å². The summed E-state index contributed by atoms with van der Waals surface area (Å²) in [5, 5.41) is 22.4. The lowest BCUT2D eigenvalue weighted by Gasteiger charge is -2.22. The molecule has 0 bridgehead atoms. The number of tetrazole rings is 1. The fraction of sp³-hybridized carbons (Fsp3) is 0.500. The maximum absolute atomic E-state index is 12.2. The molecular weight excluding hydrogens is 306 g/mol. The monoisotopic (exact) mass is 327 g/mol. The van der Waals surface area contributed by atoms with Crippen molar-refractivity contribution in [3.8, 4) is 0 Å². The minimum absolute atomic E-state index is 0.0731. The third-order valence-corrected chi connectivity index (χ3v) is 4.45. The van der Waals surface area contributed by atoms with Crippen molar-refractivity contribution in [1.82, 2.24) is 35.6 Å². The minimum Gasteiger partial charge on any atom is -0.300 e. The molecule has 8 nitrogen and oxygen atoms in total. The van der Waals surface area contributed by atoms with Crippen molar-refractivity contribution in [2.75, 3.05) is 0 Å². The van der Waals surface area contributed by atoms with Crippen LogP contribution in [0.3, 0.4) is 0 Å². The van der Waals surface area contributed by atoms with E-state index >= 15 is 0 Å². The second-order valence-electron chi connectivity index (χ2n) is 6.14. The molecule has 3 rings (SSSR count). The first kappa shape index (κ1) is 16.2. The van der Waals surface area contributed by atoms with Crippen LogP contribution in [0.5, 0.6) is 0 Å². The quantitative estimate of drug-likeness (QED) is 0.710. The largest absolute Gasteiger partial charge is 0.300 e. The SMILES string of the molecule is CCC[C@H](C(C)=O)[C@H](Cc1ccc2nnn(C)c2c1)c1nnn[nH]1. The second-order valence-corrected chi connectivity index (χ2v) is 6.14. The van der Waals surface area contributed by atoms with Crippen molar-refractivity contribution in [2.45, 2.75) is 39.0 Å². The average molecular weight is 327 g/mol. The van der Waals surface area contributed by atoms with Gasteiger partial charge < -0.3 is 0 Å². The van der Waals surface area contributed by atoms with E-state index in [9.17, 15) is 4.79 Å². The van der Waals surface area contributed by atoms with Crippen LogP contribution in [0.4, 0.5) is 0 Å². The highest BCUT2D eigenvalue weighted by atomic mass is 16.1. The summed E-state index contributed by atoms with van der Waals surface area (Å²) in [5.74, 6) is 0.648. The van der Waals surface area contributed by atoms with Crippen LogP contribution in [0.1, 0.15) is 44.0 Å². The number of ketones is 1. The molecule has 0 spiro atoms. The first-order valence-corrected chi connectivity index (χ1v) is 8.12. The Labute approximate surface area is 139 Å². The van der Waals surface area contributed by atoms with Crippen LogP contribution in [0, 0.1) is 5.92 Å². The van der Waals surface area contributed by atoms with Gasteiger partial charge in [0.25, 0.3) is 0 Å². The Bertz CT molecular complexity index is 824. The van der Waals surface area contributed by atoms with Gasteiger partial charge >= 0.3 is 0 Å². The number of H-pyrrole nitrogens is 1. The Balaban J connectivity index is 1.95. The van der Waals surface area contributed by atoms with Gasteiger partial charge in [-0.25, -0.2) is 9.78 Å². The number of carbonyl (C=O) groups is 1. The third-order valence-electron chi connectivity index (χ3n) is 4.45. The smallest absolute Gasteiger partial charge is 0.152 e. The van der Waals surface area contributed by atoms with Crippen LogP contribution >= 0.6 is 0 Å². The molecule has 0 aliphatic heterocycles. The Morgan fingerprint density at radius 1 is 1.33 bits per heavy atom. The molecule has 2 aromatic heterocycles. The van der Waals surface area contributed by atoms with Crippen LogP contribution in [-0.4, -0.2) is 41.4 Å². The van der Waals surface area contributed by atoms with E-state index in [1.165, 1.54) is 0 Å². The van der Waals surface area contributed by atoms with Gasteiger partial charge in [0, 0.05) is 18.9 Å². The van der Waals surface area contributed by atoms with Gasteiger partial charge in [0.05, 0.1) is 5.52 Å². The molecule has 0 saturated heterocycles.